The molecule has 0 fully saturated rings. The van der Waals surface area contributed by atoms with Crippen LogP contribution in [0.5, 0.6) is 0 Å². The first-order chi connectivity index (χ1) is 16.4. The summed E-state index contributed by atoms with van der Waals surface area (Å²) in [7, 11) is 0. The summed E-state index contributed by atoms with van der Waals surface area (Å²) in [5.41, 5.74) is 4.47. The predicted octanol–water partition coefficient (Wildman–Crippen LogP) is 4.34. The summed E-state index contributed by atoms with van der Waals surface area (Å²) in [5, 5.41) is 6.63. The van der Waals surface area contributed by atoms with Crippen molar-refractivity contribution in [2.24, 2.45) is 0 Å². The van der Waals surface area contributed by atoms with Crippen LogP contribution in [0.15, 0.2) is 61.6 Å². The normalized spacial score (nSPS) is 11.4. The molecule has 0 saturated carbocycles. The predicted molar refractivity (Wildman–Crippen MR) is 131 cm³/mol. The lowest BCUT2D eigenvalue weighted by atomic mass is 10.1. The van der Waals surface area contributed by atoms with E-state index in [-0.39, 0.29) is 12.3 Å². The highest BCUT2D eigenvalue weighted by molar-refractivity contribution is 6.30. The molecule has 5 aromatic heterocycles. The number of fused-ring (bicyclic) bond motifs is 2. The number of imidazole rings is 2. The number of rotatable bonds is 7. The van der Waals surface area contributed by atoms with E-state index in [4.69, 9.17) is 11.6 Å². The van der Waals surface area contributed by atoms with Gasteiger partial charge in [0.05, 0.1) is 36.2 Å². The van der Waals surface area contributed by atoms with Gasteiger partial charge in [0, 0.05) is 29.7 Å². The van der Waals surface area contributed by atoms with E-state index >= 15 is 0 Å². The molecular formula is C24H23ClN8O. The Labute approximate surface area is 200 Å². The molecule has 2 N–H and O–H groups in total. The van der Waals surface area contributed by atoms with Crippen LogP contribution in [0, 0.1) is 0 Å². The molecule has 0 aromatic carbocycles. The number of carbonyl (C=O) groups is 1. The third kappa shape index (κ3) is 4.69. The van der Waals surface area contributed by atoms with Gasteiger partial charge in [-0.2, -0.15) is 0 Å². The number of nitrogens with one attached hydrogen (secondary N) is 2. The highest BCUT2D eigenvalue weighted by Crippen LogP contribution is 2.18. The maximum absolute atomic E-state index is 12.6. The maximum Gasteiger partial charge on any atom is 0.231 e. The fraction of sp³-hybridized carbons (Fsp3) is 0.208. The van der Waals surface area contributed by atoms with Crippen LogP contribution in [0.1, 0.15) is 36.7 Å². The van der Waals surface area contributed by atoms with Crippen molar-refractivity contribution >= 4 is 40.3 Å². The van der Waals surface area contributed by atoms with Crippen molar-refractivity contribution in [2.75, 3.05) is 10.6 Å². The molecule has 0 atom stereocenters. The molecule has 0 unspecified atom stereocenters. The van der Waals surface area contributed by atoms with Crippen molar-refractivity contribution in [3.63, 3.8) is 0 Å². The Morgan fingerprint density at radius 3 is 2.76 bits per heavy atom. The lowest BCUT2D eigenvalue weighted by Crippen LogP contribution is -2.16. The van der Waals surface area contributed by atoms with E-state index in [9.17, 15) is 4.79 Å². The van der Waals surface area contributed by atoms with Crippen LogP contribution in [0.2, 0.25) is 5.02 Å². The largest absolute Gasteiger partial charge is 0.364 e. The smallest absolute Gasteiger partial charge is 0.231 e. The molecule has 0 saturated heterocycles. The van der Waals surface area contributed by atoms with Crippen molar-refractivity contribution in [1.82, 2.24) is 28.7 Å². The van der Waals surface area contributed by atoms with Crippen molar-refractivity contribution in [3.8, 4) is 0 Å². The molecule has 5 heterocycles. The molecule has 0 bridgehead atoms. The van der Waals surface area contributed by atoms with Crippen molar-refractivity contribution in [1.29, 1.82) is 0 Å². The van der Waals surface area contributed by atoms with Crippen LogP contribution >= 0.6 is 11.6 Å². The number of nitrogens with zero attached hydrogens (tertiary/aromatic N) is 6. The van der Waals surface area contributed by atoms with Gasteiger partial charge in [0.2, 0.25) is 5.91 Å². The molecule has 10 heteroatoms. The van der Waals surface area contributed by atoms with Crippen LogP contribution in [0.4, 0.5) is 11.6 Å². The van der Waals surface area contributed by atoms with E-state index in [0.717, 1.165) is 16.9 Å². The summed E-state index contributed by atoms with van der Waals surface area (Å²) >= 11 is 6.08. The highest BCUT2D eigenvalue weighted by atomic mass is 35.5. The van der Waals surface area contributed by atoms with Gasteiger partial charge >= 0.3 is 0 Å². The SMILES string of the molecule is CC(C)c1ccc2nc(CNc3cc(NC(=O)Cc4ncn5ccc(Cl)cc45)ncn3)cn2c1. The second-order valence-corrected chi connectivity index (χ2v) is 8.75. The quantitative estimate of drug-likeness (QED) is 0.364. The molecular weight excluding hydrogens is 452 g/mol. The summed E-state index contributed by atoms with van der Waals surface area (Å²) in [4.78, 5) is 29.9. The van der Waals surface area contributed by atoms with Gasteiger partial charge in [-0.3, -0.25) is 4.79 Å². The summed E-state index contributed by atoms with van der Waals surface area (Å²) < 4.78 is 3.86. The molecule has 1 amide bonds. The van der Waals surface area contributed by atoms with E-state index in [2.05, 4.69) is 56.7 Å². The summed E-state index contributed by atoms with van der Waals surface area (Å²) in [6.45, 7) is 4.82. The van der Waals surface area contributed by atoms with E-state index in [1.54, 1.807) is 30.7 Å². The number of pyridine rings is 2. The van der Waals surface area contributed by atoms with Gasteiger partial charge in [-0.05, 0) is 29.7 Å². The van der Waals surface area contributed by atoms with Crippen LogP contribution in [-0.4, -0.2) is 34.6 Å². The fourth-order valence-corrected chi connectivity index (χ4v) is 3.84. The number of amides is 1. The van der Waals surface area contributed by atoms with Crippen LogP contribution in [0.25, 0.3) is 11.2 Å². The Morgan fingerprint density at radius 2 is 1.91 bits per heavy atom. The Kier molecular flexibility index (Phi) is 5.85. The van der Waals surface area contributed by atoms with Gasteiger partial charge in [0.25, 0.3) is 0 Å². The second-order valence-electron chi connectivity index (χ2n) is 8.31. The minimum atomic E-state index is -0.230. The molecule has 5 aromatic rings. The number of aromatic nitrogens is 6. The minimum absolute atomic E-state index is 0.100. The Morgan fingerprint density at radius 1 is 1.06 bits per heavy atom. The van der Waals surface area contributed by atoms with Gasteiger partial charge in [-0.1, -0.05) is 31.5 Å². The van der Waals surface area contributed by atoms with Crippen LogP contribution in [-0.2, 0) is 17.8 Å². The first-order valence-electron chi connectivity index (χ1n) is 10.9. The Balaban J connectivity index is 1.23. The Hall–Kier alpha value is -3.98. The van der Waals surface area contributed by atoms with Gasteiger partial charge in [-0.15, -0.1) is 0 Å². The highest BCUT2D eigenvalue weighted by Gasteiger charge is 2.12. The topological polar surface area (TPSA) is 102 Å². The molecule has 0 aliphatic carbocycles. The lowest BCUT2D eigenvalue weighted by molar-refractivity contribution is -0.115. The van der Waals surface area contributed by atoms with Gasteiger partial charge in [0.1, 0.15) is 23.6 Å². The Bertz CT molecular complexity index is 1490. The van der Waals surface area contributed by atoms with Crippen molar-refractivity contribution in [2.45, 2.75) is 32.7 Å². The number of hydrogen-bond donors (Lipinski definition) is 2. The van der Waals surface area contributed by atoms with Crippen molar-refractivity contribution in [3.05, 3.63) is 83.6 Å². The first kappa shape index (κ1) is 21.8. The summed E-state index contributed by atoms with van der Waals surface area (Å²) in [5.74, 6) is 1.21. The van der Waals surface area contributed by atoms with Crippen LogP contribution < -0.4 is 10.6 Å². The number of anilines is 2. The van der Waals surface area contributed by atoms with Gasteiger partial charge < -0.3 is 19.4 Å². The molecule has 172 valence electrons. The molecule has 34 heavy (non-hydrogen) atoms. The van der Waals surface area contributed by atoms with Gasteiger partial charge in [0.15, 0.2) is 0 Å². The fourth-order valence-electron chi connectivity index (χ4n) is 3.68. The maximum atomic E-state index is 12.6. The van der Waals surface area contributed by atoms with Gasteiger partial charge in [-0.25, -0.2) is 19.9 Å². The average molecular weight is 475 g/mol. The lowest BCUT2D eigenvalue weighted by Gasteiger charge is -2.07. The van der Waals surface area contributed by atoms with E-state index in [1.165, 1.54) is 11.9 Å². The third-order valence-corrected chi connectivity index (χ3v) is 5.72. The number of halogens is 1. The molecule has 5 rings (SSSR count). The average Bonchev–Trinajstić information content (AvgIpc) is 3.40. The monoisotopic (exact) mass is 474 g/mol. The first-order valence-corrected chi connectivity index (χ1v) is 11.3. The number of hydrogen-bond acceptors (Lipinski definition) is 6. The molecule has 0 aliphatic rings. The second kappa shape index (κ2) is 9.11. The van der Waals surface area contributed by atoms with Crippen molar-refractivity contribution < 1.29 is 4.79 Å². The zero-order chi connectivity index (χ0) is 23.7. The zero-order valence-corrected chi connectivity index (χ0v) is 19.5. The molecule has 0 aliphatic heterocycles. The number of carbonyl (C=O) groups excluding carboxylic acids is 1. The van der Waals surface area contributed by atoms with Crippen LogP contribution in [0.3, 0.4) is 0 Å². The summed E-state index contributed by atoms with van der Waals surface area (Å²) in [6.07, 6.45) is 9.07. The zero-order valence-electron chi connectivity index (χ0n) is 18.7. The van der Waals surface area contributed by atoms with E-state index in [0.29, 0.717) is 34.8 Å². The van der Waals surface area contributed by atoms with E-state index in [1.807, 2.05) is 21.1 Å². The molecule has 9 nitrogen and oxygen atoms in total. The molecule has 0 radical (unpaired) electrons. The summed E-state index contributed by atoms with van der Waals surface area (Å²) in [6, 6.07) is 9.36. The van der Waals surface area contributed by atoms with E-state index < -0.39 is 0 Å². The standard InChI is InChI=1S/C24H23ClN8O/c1-15(2)16-3-4-23-30-18(12-33(23)11-16)10-26-21-9-22(28-13-27-21)31-24(34)8-19-20-7-17(25)5-6-32(20)14-29-19/h3-7,9,11-15H,8,10H2,1-2H3,(H2,26,27,28,31,34). The molecule has 0 spiro atoms. The third-order valence-electron chi connectivity index (χ3n) is 5.48. The minimum Gasteiger partial charge on any atom is -0.364 e.